The second kappa shape index (κ2) is 8.94. The number of benzene rings is 2. The Morgan fingerprint density at radius 1 is 1.00 bits per heavy atom. The first-order chi connectivity index (χ1) is 12.6. The number of nitrogens with one attached hydrogen (secondary N) is 1. The number of carbonyl (C=O) groups excluding carboxylic acids is 1. The van der Waals surface area contributed by atoms with Gasteiger partial charge in [-0.15, -0.1) is 0 Å². The molecule has 0 aliphatic heterocycles. The van der Waals surface area contributed by atoms with Gasteiger partial charge in [0.15, 0.2) is 6.10 Å². The molecule has 2 aromatic carbocycles. The summed E-state index contributed by atoms with van der Waals surface area (Å²) in [5, 5.41) is 2.85. The van der Waals surface area contributed by atoms with Crippen molar-refractivity contribution in [2.24, 2.45) is 0 Å². The van der Waals surface area contributed by atoms with Gasteiger partial charge < -0.3 is 14.8 Å². The van der Waals surface area contributed by atoms with Crippen molar-refractivity contribution >= 4 is 5.91 Å². The van der Waals surface area contributed by atoms with Crippen molar-refractivity contribution < 1.29 is 14.3 Å². The molecule has 1 N–H and O–H groups in total. The molecule has 0 aliphatic carbocycles. The maximum Gasteiger partial charge on any atom is 0.260 e. The molecular weight excluding hydrogens is 338 g/mol. The van der Waals surface area contributed by atoms with Crippen molar-refractivity contribution in [3.05, 3.63) is 59.2 Å². The van der Waals surface area contributed by atoms with Crippen LogP contribution in [0.2, 0.25) is 0 Å². The molecule has 0 fully saturated rings. The van der Waals surface area contributed by atoms with Crippen molar-refractivity contribution in [2.45, 2.75) is 53.1 Å². The normalized spacial score (nSPS) is 12.4. The highest BCUT2D eigenvalue weighted by Crippen LogP contribution is 2.24. The van der Waals surface area contributed by atoms with Gasteiger partial charge in [0.2, 0.25) is 0 Å². The Morgan fingerprint density at radius 3 is 2.15 bits per heavy atom. The van der Waals surface area contributed by atoms with E-state index in [-0.39, 0.29) is 11.3 Å². The zero-order valence-electron chi connectivity index (χ0n) is 17.3. The number of hydrogen-bond donors (Lipinski definition) is 1. The van der Waals surface area contributed by atoms with Crippen molar-refractivity contribution in [3.8, 4) is 11.5 Å². The Morgan fingerprint density at radius 2 is 1.59 bits per heavy atom. The largest absolute Gasteiger partial charge is 0.492 e. The van der Waals surface area contributed by atoms with E-state index in [2.05, 4.69) is 32.2 Å². The smallest absolute Gasteiger partial charge is 0.260 e. The van der Waals surface area contributed by atoms with E-state index in [4.69, 9.17) is 9.47 Å². The summed E-state index contributed by atoms with van der Waals surface area (Å²) in [7, 11) is 0. The number of rotatable bonds is 7. The minimum Gasteiger partial charge on any atom is -0.492 e. The second-order valence-electron chi connectivity index (χ2n) is 8.00. The van der Waals surface area contributed by atoms with Crippen LogP contribution in [0.25, 0.3) is 0 Å². The van der Waals surface area contributed by atoms with Crippen molar-refractivity contribution in [1.82, 2.24) is 5.32 Å². The monoisotopic (exact) mass is 369 g/mol. The van der Waals surface area contributed by atoms with Crippen LogP contribution >= 0.6 is 0 Å². The van der Waals surface area contributed by atoms with Gasteiger partial charge in [0.1, 0.15) is 18.1 Å². The molecule has 146 valence electrons. The lowest BCUT2D eigenvalue weighted by atomic mass is 9.87. The van der Waals surface area contributed by atoms with Gasteiger partial charge in [-0.25, -0.2) is 0 Å². The Balaban J connectivity index is 1.76. The Hall–Kier alpha value is -2.49. The van der Waals surface area contributed by atoms with Gasteiger partial charge in [-0.05, 0) is 67.1 Å². The van der Waals surface area contributed by atoms with Crippen LogP contribution < -0.4 is 14.8 Å². The third kappa shape index (κ3) is 6.63. The molecule has 0 saturated carbocycles. The third-order valence-corrected chi connectivity index (χ3v) is 4.27. The maximum absolute atomic E-state index is 12.2. The Labute approximate surface area is 162 Å². The zero-order valence-corrected chi connectivity index (χ0v) is 17.3. The molecule has 0 spiro atoms. The van der Waals surface area contributed by atoms with Gasteiger partial charge in [0, 0.05) is 0 Å². The van der Waals surface area contributed by atoms with Crippen LogP contribution in [0.5, 0.6) is 11.5 Å². The minimum absolute atomic E-state index is 0.0946. The average molecular weight is 370 g/mol. The summed E-state index contributed by atoms with van der Waals surface area (Å²) in [5.74, 6) is 1.36. The maximum atomic E-state index is 12.2. The van der Waals surface area contributed by atoms with Crippen LogP contribution in [-0.4, -0.2) is 25.2 Å². The van der Waals surface area contributed by atoms with Gasteiger partial charge >= 0.3 is 0 Å². The highest BCUT2D eigenvalue weighted by atomic mass is 16.5. The number of amides is 1. The van der Waals surface area contributed by atoms with E-state index in [9.17, 15) is 4.79 Å². The van der Waals surface area contributed by atoms with Crippen molar-refractivity contribution in [3.63, 3.8) is 0 Å². The van der Waals surface area contributed by atoms with Crippen LogP contribution in [0.3, 0.4) is 0 Å². The molecule has 4 heteroatoms. The third-order valence-electron chi connectivity index (χ3n) is 4.27. The summed E-state index contributed by atoms with van der Waals surface area (Å²) < 4.78 is 11.4. The molecule has 1 amide bonds. The highest BCUT2D eigenvalue weighted by molar-refractivity contribution is 5.80. The molecule has 27 heavy (non-hydrogen) atoms. The molecule has 1 unspecified atom stereocenters. The Kier molecular flexibility index (Phi) is 6.89. The predicted octanol–water partition coefficient (Wildman–Crippen LogP) is 4.56. The fraction of sp³-hybridized carbons (Fsp3) is 0.435. The van der Waals surface area contributed by atoms with E-state index in [1.165, 1.54) is 5.56 Å². The van der Waals surface area contributed by atoms with E-state index < -0.39 is 6.10 Å². The molecule has 1 atom stereocenters. The fourth-order valence-electron chi connectivity index (χ4n) is 2.79. The number of hydrogen-bond acceptors (Lipinski definition) is 3. The summed E-state index contributed by atoms with van der Waals surface area (Å²) >= 11 is 0. The van der Waals surface area contributed by atoms with E-state index >= 15 is 0 Å². The van der Waals surface area contributed by atoms with E-state index in [1.54, 1.807) is 6.92 Å². The summed E-state index contributed by atoms with van der Waals surface area (Å²) in [6, 6.07) is 14.0. The minimum atomic E-state index is -0.563. The van der Waals surface area contributed by atoms with Gasteiger partial charge in [-0.1, -0.05) is 39.0 Å². The molecule has 0 aromatic heterocycles. The fourth-order valence-corrected chi connectivity index (χ4v) is 2.79. The van der Waals surface area contributed by atoms with Gasteiger partial charge in [0.05, 0.1) is 6.54 Å². The Bertz CT molecular complexity index is 740. The highest BCUT2D eigenvalue weighted by Gasteiger charge is 2.16. The van der Waals surface area contributed by atoms with E-state index in [1.807, 2.05) is 50.2 Å². The molecule has 2 aromatic rings. The average Bonchev–Trinajstić information content (AvgIpc) is 2.57. The van der Waals surface area contributed by atoms with Crippen molar-refractivity contribution in [2.75, 3.05) is 13.2 Å². The lowest BCUT2D eigenvalue weighted by Crippen LogP contribution is -2.38. The molecule has 2 rings (SSSR count). The van der Waals surface area contributed by atoms with Gasteiger partial charge in [-0.2, -0.15) is 0 Å². The SMILES string of the molecule is Cc1cc(C)cc(OCCNC(=O)C(C)Oc2ccc(C(C)(C)C)cc2)c1. The summed E-state index contributed by atoms with van der Waals surface area (Å²) in [6.45, 7) is 13.2. The molecule has 0 saturated heterocycles. The number of ether oxygens (including phenoxy) is 2. The number of carbonyl (C=O) groups is 1. The predicted molar refractivity (Wildman–Crippen MR) is 110 cm³/mol. The lowest BCUT2D eigenvalue weighted by Gasteiger charge is -2.20. The zero-order chi connectivity index (χ0) is 20.0. The van der Waals surface area contributed by atoms with Crippen LogP contribution in [0.4, 0.5) is 0 Å². The van der Waals surface area contributed by atoms with Crippen LogP contribution in [-0.2, 0) is 10.2 Å². The first-order valence-corrected chi connectivity index (χ1v) is 9.41. The van der Waals surface area contributed by atoms with Crippen LogP contribution in [0, 0.1) is 13.8 Å². The second-order valence-corrected chi connectivity index (χ2v) is 8.00. The molecule has 0 heterocycles. The summed E-state index contributed by atoms with van der Waals surface area (Å²) in [4.78, 5) is 12.2. The molecule has 4 nitrogen and oxygen atoms in total. The number of aryl methyl sites for hydroxylation is 2. The summed E-state index contributed by atoms with van der Waals surface area (Å²) in [5.41, 5.74) is 3.65. The molecule has 0 radical (unpaired) electrons. The quantitative estimate of drug-likeness (QED) is 0.728. The first-order valence-electron chi connectivity index (χ1n) is 9.41. The van der Waals surface area contributed by atoms with E-state index in [0.29, 0.717) is 18.9 Å². The van der Waals surface area contributed by atoms with Crippen LogP contribution in [0.15, 0.2) is 42.5 Å². The topological polar surface area (TPSA) is 47.6 Å². The summed E-state index contributed by atoms with van der Waals surface area (Å²) in [6.07, 6.45) is -0.563. The van der Waals surface area contributed by atoms with Gasteiger partial charge in [0.25, 0.3) is 5.91 Å². The van der Waals surface area contributed by atoms with Crippen molar-refractivity contribution in [1.29, 1.82) is 0 Å². The molecule has 0 aliphatic rings. The van der Waals surface area contributed by atoms with Crippen LogP contribution in [0.1, 0.15) is 44.4 Å². The first kappa shape index (κ1) is 20.8. The van der Waals surface area contributed by atoms with Gasteiger partial charge in [-0.3, -0.25) is 4.79 Å². The molecular formula is C23H31NO3. The van der Waals surface area contributed by atoms with E-state index in [0.717, 1.165) is 16.9 Å². The standard InChI is InChI=1S/C23H31NO3/c1-16-13-17(2)15-21(14-16)26-12-11-24-22(25)18(3)27-20-9-7-19(8-10-20)23(4,5)6/h7-10,13-15,18H,11-12H2,1-6H3,(H,24,25). The molecule has 0 bridgehead atoms. The lowest BCUT2D eigenvalue weighted by molar-refractivity contribution is -0.127.